The van der Waals surface area contributed by atoms with Crippen LogP contribution in [0.1, 0.15) is 64.3 Å². The van der Waals surface area contributed by atoms with Gasteiger partial charge in [-0.05, 0) is 61.6 Å². The van der Waals surface area contributed by atoms with E-state index in [2.05, 4.69) is 0 Å². The summed E-state index contributed by atoms with van der Waals surface area (Å²) in [5.74, 6) is 0.313. The molecular weight excluding hydrogens is 460 g/mol. The fraction of sp³-hybridized carbons (Fsp3) is 0.152. The highest BCUT2D eigenvalue weighted by atomic mass is 16.1. The number of hydrogen-bond acceptors (Lipinski definition) is 4. The first-order chi connectivity index (χ1) is 17.7. The van der Waals surface area contributed by atoms with Crippen molar-refractivity contribution in [1.82, 2.24) is 0 Å². The predicted molar refractivity (Wildman–Crippen MR) is 148 cm³/mol. The number of benzene rings is 4. The molecule has 0 heterocycles. The van der Waals surface area contributed by atoms with Crippen LogP contribution in [0.4, 0.5) is 0 Å². The average molecular weight is 491 g/mol. The van der Waals surface area contributed by atoms with E-state index >= 15 is 0 Å². The zero-order valence-electron chi connectivity index (χ0n) is 21.6. The lowest BCUT2D eigenvalue weighted by molar-refractivity contribution is -0.116. The Kier molecular flexibility index (Phi) is 9.17. The first kappa shape index (κ1) is 27.2. The molecule has 0 amide bonds. The molecule has 4 aromatic rings. The van der Waals surface area contributed by atoms with E-state index in [1.165, 1.54) is 0 Å². The van der Waals surface area contributed by atoms with E-state index in [9.17, 15) is 19.2 Å². The average Bonchev–Trinajstić information content (AvgIpc) is 2.89. The largest absolute Gasteiger partial charge is 0.300 e. The summed E-state index contributed by atoms with van der Waals surface area (Å²) in [7, 11) is 0. The summed E-state index contributed by atoms with van der Waals surface area (Å²) in [5, 5.41) is 0. The Labute approximate surface area is 218 Å². The van der Waals surface area contributed by atoms with Crippen LogP contribution in [0, 0.1) is 0 Å². The molecule has 4 nitrogen and oxygen atoms in total. The van der Waals surface area contributed by atoms with Gasteiger partial charge < -0.3 is 0 Å². The van der Waals surface area contributed by atoms with Gasteiger partial charge in [-0.15, -0.1) is 0 Å². The normalized spacial score (nSPS) is 10.2. The van der Waals surface area contributed by atoms with Crippen LogP contribution in [0.5, 0.6) is 0 Å². The van der Waals surface area contributed by atoms with Crippen LogP contribution < -0.4 is 0 Å². The zero-order valence-corrected chi connectivity index (χ0v) is 21.6. The number of hydrogen-bond donors (Lipinski definition) is 0. The molecule has 4 aromatic carbocycles. The second kappa shape index (κ2) is 12.5. The Morgan fingerprint density at radius 1 is 0.486 bits per heavy atom. The van der Waals surface area contributed by atoms with Crippen molar-refractivity contribution >= 4 is 23.1 Å². The lowest BCUT2D eigenvalue weighted by Crippen LogP contribution is -1.98. The molecule has 186 valence electrons. The second-order valence-electron chi connectivity index (χ2n) is 8.94. The predicted octanol–water partition coefficient (Wildman–Crippen LogP) is 7.45. The summed E-state index contributed by atoms with van der Waals surface area (Å²) in [6, 6.07) is 30.2. The van der Waals surface area contributed by atoms with Crippen molar-refractivity contribution in [1.29, 1.82) is 0 Å². The van der Waals surface area contributed by atoms with Gasteiger partial charge in [0.2, 0.25) is 0 Å². The minimum absolute atomic E-state index is 0.0530. The van der Waals surface area contributed by atoms with E-state index in [4.69, 9.17) is 0 Å². The number of rotatable bonds is 7. The number of carbonyl (C=O) groups excluding carboxylic acids is 4. The maximum Gasteiger partial charge on any atom is 0.159 e. The van der Waals surface area contributed by atoms with Crippen molar-refractivity contribution in [3.8, 4) is 22.3 Å². The summed E-state index contributed by atoms with van der Waals surface area (Å²) < 4.78 is 0. The first-order valence-corrected chi connectivity index (χ1v) is 12.1. The highest BCUT2D eigenvalue weighted by molar-refractivity contribution is 5.96. The molecule has 37 heavy (non-hydrogen) atoms. The van der Waals surface area contributed by atoms with Crippen LogP contribution in [0.2, 0.25) is 0 Å². The van der Waals surface area contributed by atoms with E-state index in [-0.39, 0.29) is 23.1 Å². The van der Waals surface area contributed by atoms with Gasteiger partial charge in [-0.2, -0.15) is 0 Å². The topological polar surface area (TPSA) is 68.3 Å². The third-order valence-electron chi connectivity index (χ3n) is 5.95. The Morgan fingerprint density at radius 2 is 1.00 bits per heavy atom. The van der Waals surface area contributed by atoms with Crippen LogP contribution in [-0.2, 0) is 11.2 Å². The van der Waals surface area contributed by atoms with Crippen LogP contribution in [-0.4, -0.2) is 23.1 Å². The molecule has 0 aliphatic heterocycles. The Hall–Kier alpha value is -4.44. The molecule has 0 saturated heterocycles. The fourth-order valence-electron chi connectivity index (χ4n) is 3.92. The molecular formula is C33H30O4. The molecule has 0 spiro atoms. The van der Waals surface area contributed by atoms with Crippen LogP contribution >= 0.6 is 0 Å². The standard InChI is InChI=1S/C17H16O2.C16H14O2/c1-12(18)11-16-5-3-4-6-17(16)15-9-7-14(8-10-15)13(2)19;1-11(17)13-6-8-14(9-7-13)16-5-3-4-15(10-16)12(2)18/h3-10H,11H2,1-2H3;3-10H,1-2H3. The van der Waals surface area contributed by atoms with Gasteiger partial charge in [0, 0.05) is 23.1 Å². The lowest BCUT2D eigenvalue weighted by atomic mass is 9.95. The molecule has 0 saturated carbocycles. The summed E-state index contributed by atoms with van der Waals surface area (Å²) in [6.45, 7) is 6.25. The van der Waals surface area contributed by atoms with Gasteiger partial charge in [-0.3, -0.25) is 19.2 Å². The van der Waals surface area contributed by atoms with E-state index in [1.54, 1.807) is 45.9 Å². The summed E-state index contributed by atoms with van der Waals surface area (Å²) in [6.07, 6.45) is 0.435. The summed E-state index contributed by atoms with van der Waals surface area (Å²) >= 11 is 0. The van der Waals surface area contributed by atoms with Gasteiger partial charge in [0.1, 0.15) is 5.78 Å². The highest BCUT2D eigenvalue weighted by Gasteiger charge is 2.08. The highest BCUT2D eigenvalue weighted by Crippen LogP contribution is 2.25. The Balaban J connectivity index is 0.000000206. The quantitative estimate of drug-likeness (QED) is 0.252. The van der Waals surface area contributed by atoms with Crippen molar-refractivity contribution in [2.24, 2.45) is 0 Å². The minimum atomic E-state index is 0.0530. The molecule has 0 aliphatic rings. The smallest absolute Gasteiger partial charge is 0.159 e. The third kappa shape index (κ3) is 7.52. The SMILES string of the molecule is CC(=O)Cc1ccccc1-c1ccc(C(C)=O)cc1.CC(=O)c1ccc(-c2cccc(C(C)=O)c2)cc1. The molecule has 0 N–H and O–H groups in total. The van der Waals surface area contributed by atoms with Gasteiger partial charge in [0.05, 0.1) is 0 Å². The summed E-state index contributed by atoms with van der Waals surface area (Å²) in [4.78, 5) is 45.1. The van der Waals surface area contributed by atoms with Gasteiger partial charge >= 0.3 is 0 Å². The van der Waals surface area contributed by atoms with Crippen LogP contribution in [0.15, 0.2) is 97.1 Å². The zero-order chi connectivity index (χ0) is 26.9. The van der Waals surface area contributed by atoms with Crippen molar-refractivity contribution in [2.75, 3.05) is 0 Å². The van der Waals surface area contributed by atoms with Crippen molar-refractivity contribution < 1.29 is 19.2 Å². The first-order valence-electron chi connectivity index (χ1n) is 12.1. The molecule has 4 heteroatoms. The van der Waals surface area contributed by atoms with Gasteiger partial charge in [-0.1, -0.05) is 91.0 Å². The second-order valence-corrected chi connectivity index (χ2v) is 8.94. The van der Waals surface area contributed by atoms with E-state index in [1.807, 2.05) is 78.9 Å². The van der Waals surface area contributed by atoms with Gasteiger partial charge in [0.15, 0.2) is 17.3 Å². The number of ketones is 4. The van der Waals surface area contributed by atoms with Gasteiger partial charge in [0.25, 0.3) is 0 Å². The maximum absolute atomic E-state index is 11.3. The van der Waals surface area contributed by atoms with Gasteiger partial charge in [-0.25, -0.2) is 0 Å². The monoisotopic (exact) mass is 490 g/mol. The van der Waals surface area contributed by atoms with Crippen molar-refractivity contribution in [3.05, 3.63) is 119 Å². The lowest BCUT2D eigenvalue weighted by Gasteiger charge is -2.08. The Bertz CT molecular complexity index is 1430. The number of carbonyl (C=O) groups is 4. The van der Waals surface area contributed by atoms with Crippen molar-refractivity contribution in [2.45, 2.75) is 34.1 Å². The summed E-state index contributed by atoms with van der Waals surface area (Å²) in [5.41, 5.74) is 7.18. The third-order valence-corrected chi connectivity index (χ3v) is 5.95. The van der Waals surface area contributed by atoms with Crippen molar-refractivity contribution in [3.63, 3.8) is 0 Å². The molecule has 4 rings (SSSR count). The van der Waals surface area contributed by atoms with Crippen LogP contribution in [0.3, 0.4) is 0 Å². The molecule has 0 aromatic heterocycles. The molecule has 0 unspecified atom stereocenters. The molecule has 0 radical (unpaired) electrons. The van der Waals surface area contributed by atoms with E-state index in [0.717, 1.165) is 27.8 Å². The Morgan fingerprint density at radius 3 is 1.51 bits per heavy atom. The van der Waals surface area contributed by atoms with E-state index < -0.39 is 0 Å². The molecule has 0 aliphatic carbocycles. The number of Topliss-reactive ketones (excluding diaryl/α,β-unsaturated/α-hetero) is 4. The maximum atomic E-state index is 11.3. The molecule has 0 bridgehead atoms. The van der Waals surface area contributed by atoms with Crippen LogP contribution in [0.25, 0.3) is 22.3 Å². The molecule has 0 atom stereocenters. The fourth-order valence-corrected chi connectivity index (χ4v) is 3.92. The minimum Gasteiger partial charge on any atom is -0.300 e. The van der Waals surface area contributed by atoms with E-state index in [0.29, 0.717) is 23.1 Å². The molecule has 0 fully saturated rings.